The Hall–Kier alpha value is -2.04. The Morgan fingerprint density at radius 3 is 2.52 bits per heavy atom. The van der Waals surface area contributed by atoms with Gasteiger partial charge in [-0.25, -0.2) is 9.97 Å². The van der Waals surface area contributed by atoms with Crippen LogP contribution in [0.15, 0.2) is 41.4 Å². The van der Waals surface area contributed by atoms with Crippen LogP contribution in [-0.4, -0.2) is 29.7 Å². The van der Waals surface area contributed by atoms with E-state index in [1.165, 1.54) is 32.0 Å². The topological polar surface area (TPSA) is 53.5 Å². The highest BCUT2D eigenvalue weighted by atomic mass is 35.5. The number of benzene rings is 2. The molecule has 0 aliphatic carbocycles. The Bertz CT molecular complexity index is 1020. The van der Waals surface area contributed by atoms with Crippen LogP contribution in [-0.2, 0) is 5.75 Å². The molecule has 0 saturated heterocycles. The van der Waals surface area contributed by atoms with Gasteiger partial charge in [-0.1, -0.05) is 23.7 Å². The van der Waals surface area contributed by atoms with E-state index in [0.29, 0.717) is 28.6 Å². The van der Waals surface area contributed by atoms with Gasteiger partial charge in [-0.15, -0.1) is 11.8 Å². The van der Waals surface area contributed by atoms with Gasteiger partial charge in [0, 0.05) is 16.0 Å². The summed E-state index contributed by atoms with van der Waals surface area (Å²) >= 11 is 7.12. The van der Waals surface area contributed by atoms with Crippen molar-refractivity contribution in [1.29, 1.82) is 0 Å². The number of rotatable bonds is 7. The molecule has 0 bridgehead atoms. The highest BCUT2D eigenvalue weighted by Crippen LogP contribution is 2.39. The Balaban J connectivity index is 1.75. The third-order valence-electron chi connectivity index (χ3n) is 3.65. The van der Waals surface area contributed by atoms with E-state index in [0.717, 1.165) is 10.3 Å². The molecule has 0 aliphatic heterocycles. The Morgan fingerprint density at radius 1 is 1.07 bits per heavy atom. The Morgan fingerprint density at radius 2 is 1.83 bits per heavy atom. The molecule has 11 heteroatoms. The van der Waals surface area contributed by atoms with Crippen molar-refractivity contribution in [3.05, 3.63) is 47.2 Å². The van der Waals surface area contributed by atoms with Crippen molar-refractivity contribution in [2.45, 2.75) is 16.2 Å². The van der Waals surface area contributed by atoms with E-state index < -0.39 is 17.6 Å². The fourth-order valence-electron chi connectivity index (χ4n) is 2.39. The molecule has 154 valence electrons. The van der Waals surface area contributed by atoms with Crippen molar-refractivity contribution in [2.24, 2.45) is 0 Å². The number of thioether (sulfide) groups is 1. The van der Waals surface area contributed by atoms with Gasteiger partial charge in [0.05, 0.1) is 31.1 Å². The number of halogens is 4. The van der Waals surface area contributed by atoms with Crippen LogP contribution in [0.5, 0.6) is 17.5 Å². The van der Waals surface area contributed by atoms with E-state index in [9.17, 15) is 13.2 Å². The molecule has 29 heavy (non-hydrogen) atoms. The van der Waals surface area contributed by atoms with Crippen molar-refractivity contribution in [3.63, 3.8) is 0 Å². The summed E-state index contributed by atoms with van der Waals surface area (Å²) in [6.45, 7) is 0. The number of nitrogens with zero attached hydrogens (tertiary/aromatic N) is 2. The average Bonchev–Trinajstić information content (AvgIpc) is 2.70. The third kappa shape index (κ3) is 5.52. The molecule has 0 unspecified atom stereocenters. The molecule has 0 radical (unpaired) electrons. The van der Waals surface area contributed by atoms with Crippen LogP contribution >= 0.6 is 35.4 Å². The van der Waals surface area contributed by atoms with Crippen LogP contribution in [0.4, 0.5) is 13.2 Å². The number of hydrogen-bond acceptors (Lipinski definition) is 7. The number of alkyl halides is 3. The average molecular weight is 463 g/mol. The molecule has 3 aromatic rings. The van der Waals surface area contributed by atoms with Crippen molar-refractivity contribution in [2.75, 3.05) is 14.2 Å². The minimum atomic E-state index is -4.51. The minimum absolute atomic E-state index is 0.0394. The lowest BCUT2D eigenvalue weighted by molar-refractivity contribution is -0.0369. The molecule has 2 aromatic carbocycles. The van der Waals surface area contributed by atoms with E-state index in [2.05, 4.69) is 9.97 Å². The van der Waals surface area contributed by atoms with Crippen molar-refractivity contribution in [3.8, 4) is 17.5 Å². The highest BCUT2D eigenvalue weighted by Gasteiger charge is 2.32. The second kappa shape index (κ2) is 9.19. The molecule has 5 nitrogen and oxygen atoms in total. The van der Waals surface area contributed by atoms with E-state index >= 15 is 0 Å². The number of methoxy groups -OCH3 is 2. The molecule has 0 atom stereocenters. The summed E-state index contributed by atoms with van der Waals surface area (Å²) in [5.41, 5.74) is -3.80. The summed E-state index contributed by atoms with van der Waals surface area (Å²) < 4.78 is 51.9. The number of fused-ring (bicyclic) bond motifs is 1. The maximum Gasteiger partial charge on any atom is 0.479 e. The van der Waals surface area contributed by atoms with E-state index in [1.807, 2.05) is 12.1 Å². The zero-order valence-electron chi connectivity index (χ0n) is 15.1. The lowest BCUT2D eigenvalue weighted by Crippen LogP contribution is -2.02. The van der Waals surface area contributed by atoms with Crippen molar-refractivity contribution < 1.29 is 26.8 Å². The van der Waals surface area contributed by atoms with Gasteiger partial charge in [-0.05, 0) is 23.6 Å². The van der Waals surface area contributed by atoms with E-state index in [4.69, 9.17) is 25.3 Å². The van der Waals surface area contributed by atoms with Gasteiger partial charge in [0.1, 0.15) is 0 Å². The maximum absolute atomic E-state index is 12.3. The summed E-state index contributed by atoms with van der Waals surface area (Å²) in [5, 5.41) is 1.51. The van der Waals surface area contributed by atoms with Crippen LogP contribution < -0.4 is 13.7 Å². The standard InChI is InChI=1S/C18H14ClF3N2O3S2/c1-25-16-17(26-2)24-11(8-23-16)9-28-12-4-5-13-10(7-12)3-6-14(15(13)19)27-29-18(20,21)22/h3-8H,9H2,1-2H3. The normalized spacial score (nSPS) is 11.5. The zero-order chi connectivity index (χ0) is 21.0. The predicted molar refractivity (Wildman–Crippen MR) is 108 cm³/mol. The fourth-order valence-corrected chi connectivity index (χ4v) is 3.86. The largest absolute Gasteiger partial charge is 0.479 e. The van der Waals surface area contributed by atoms with Gasteiger partial charge in [-0.2, -0.15) is 13.2 Å². The van der Waals surface area contributed by atoms with Gasteiger partial charge in [0.25, 0.3) is 11.8 Å². The Labute approximate surface area is 178 Å². The predicted octanol–water partition coefficient (Wildman–Crippen LogP) is 6.14. The summed E-state index contributed by atoms with van der Waals surface area (Å²) in [6, 6.07) is 8.53. The minimum Gasteiger partial charge on any atom is -0.477 e. The van der Waals surface area contributed by atoms with Gasteiger partial charge < -0.3 is 13.7 Å². The molecule has 0 saturated carbocycles. The lowest BCUT2D eigenvalue weighted by atomic mass is 10.1. The zero-order valence-corrected chi connectivity index (χ0v) is 17.5. The van der Waals surface area contributed by atoms with Gasteiger partial charge >= 0.3 is 5.51 Å². The maximum atomic E-state index is 12.3. The third-order valence-corrected chi connectivity index (χ3v) is 5.52. The molecular formula is C18H14ClF3N2O3S2. The first kappa shape index (κ1) is 21.7. The van der Waals surface area contributed by atoms with Crippen molar-refractivity contribution in [1.82, 2.24) is 9.97 Å². The number of ether oxygens (including phenoxy) is 2. The lowest BCUT2D eigenvalue weighted by Gasteiger charge is -2.11. The summed E-state index contributed by atoms with van der Waals surface area (Å²) in [5.74, 6) is 1.11. The molecule has 0 spiro atoms. The van der Waals surface area contributed by atoms with Crippen LogP contribution in [0.1, 0.15) is 5.69 Å². The first-order valence-electron chi connectivity index (χ1n) is 8.02. The van der Waals surface area contributed by atoms with Gasteiger partial charge in [-0.3, -0.25) is 0 Å². The van der Waals surface area contributed by atoms with E-state index in [1.54, 1.807) is 18.3 Å². The fraction of sp³-hybridized carbons (Fsp3) is 0.222. The second-order valence-electron chi connectivity index (χ2n) is 5.54. The monoisotopic (exact) mass is 462 g/mol. The molecule has 1 heterocycles. The van der Waals surface area contributed by atoms with Gasteiger partial charge in [0.2, 0.25) is 0 Å². The first-order chi connectivity index (χ1) is 13.8. The summed E-state index contributed by atoms with van der Waals surface area (Å²) in [6.07, 6.45) is 1.61. The molecule has 0 N–H and O–H groups in total. The first-order valence-corrected chi connectivity index (χ1v) is 10.1. The SMILES string of the molecule is COc1ncc(CSc2ccc3c(Cl)c(OSC(F)(F)F)ccc3c2)nc1OC. The summed E-state index contributed by atoms with van der Waals surface area (Å²) in [7, 11) is 2.97. The van der Waals surface area contributed by atoms with Gasteiger partial charge in [0.15, 0.2) is 17.8 Å². The molecule has 0 fully saturated rings. The summed E-state index contributed by atoms with van der Waals surface area (Å²) in [4.78, 5) is 9.43. The smallest absolute Gasteiger partial charge is 0.477 e. The van der Waals surface area contributed by atoms with Crippen LogP contribution in [0, 0.1) is 0 Å². The Kier molecular flexibility index (Phi) is 6.86. The highest BCUT2D eigenvalue weighted by molar-refractivity contribution is 7.98. The number of hydrogen-bond donors (Lipinski definition) is 0. The van der Waals surface area contributed by atoms with Crippen LogP contribution in [0.2, 0.25) is 5.02 Å². The second-order valence-corrected chi connectivity index (χ2v) is 7.76. The molecule has 3 rings (SSSR count). The van der Waals surface area contributed by atoms with E-state index in [-0.39, 0.29) is 10.8 Å². The molecule has 0 aliphatic rings. The molecular weight excluding hydrogens is 449 g/mol. The molecule has 0 amide bonds. The van der Waals surface area contributed by atoms with Crippen LogP contribution in [0.25, 0.3) is 10.8 Å². The number of aromatic nitrogens is 2. The van der Waals surface area contributed by atoms with Crippen molar-refractivity contribution >= 4 is 46.2 Å². The van der Waals surface area contributed by atoms with Crippen LogP contribution in [0.3, 0.4) is 0 Å². The molecule has 1 aromatic heterocycles. The quantitative estimate of drug-likeness (QED) is 0.309.